The van der Waals surface area contributed by atoms with Crippen LogP contribution in [0.5, 0.6) is 0 Å². The van der Waals surface area contributed by atoms with E-state index in [0.29, 0.717) is 6.04 Å². The van der Waals surface area contributed by atoms with Gasteiger partial charge >= 0.3 is 0 Å². The zero-order valence-corrected chi connectivity index (χ0v) is 10.7. The molecule has 2 unspecified atom stereocenters. The predicted octanol–water partition coefficient (Wildman–Crippen LogP) is 1.56. The van der Waals surface area contributed by atoms with Crippen molar-refractivity contribution >= 4 is 17.2 Å². The normalized spacial score (nSPS) is 26.5. The molecular weight excluding hydrogens is 234 g/mol. The quantitative estimate of drug-likeness (QED) is 0.883. The first kappa shape index (κ1) is 11.2. The summed E-state index contributed by atoms with van der Waals surface area (Å²) in [5, 5.41) is 6.42. The van der Waals surface area contributed by atoms with E-state index < -0.39 is 0 Å². The van der Waals surface area contributed by atoms with Crippen LogP contribution in [0, 0.1) is 0 Å². The smallest absolute Gasteiger partial charge is 0.240 e. The Labute approximate surface area is 105 Å². The van der Waals surface area contributed by atoms with E-state index in [2.05, 4.69) is 17.2 Å². The highest BCUT2D eigenvalue weighted by atomic mass is 32.1. The van der Waals surface area contributed by atoms with Gasteiger partial charge in [0.15, 0.2) is 0 Å². The van der Waals surface area contributed by atoms with Gasteiger partial charge in [-0.1, -0.05) is 0 Å². The summed E-state index contributed by atoms with van der Waals surface area (Å²) in [6.45, 7) is 2.92. The lowest BCUT2D eigenvalue weighted by molar-refractivity contribution is -0.131. The summed E-state index contributed by atoms with van der Waals surface area (Å²) >= 11 is 1.62. The van der Waals surface area contributed by atoms with Gasteiger partial charge in [0.1, 0.15) is 5.01 Å². The Balaban J connectivity index is 1.66. The molecule has 1 aliphatic carbocycles. The lowest BCUT2D eigenvalue weighted by Gasteiger charge is -2.23. The largest absolute Gasteiger partial charge is 0.332 e. The van der Waals surface area contributed by atoms with Crippen LogP contribution in [0.25, 0.3) is 0 Å². The van der Waals surface area contributed by atoms with Crippen molar-refractivity contribution in [2.75, 3.05) is 6.54 Å². The number of hydrogen-bond donors (Lipinski definition) is 1. The Morgan fingerprint density at radius 3 is 3.00 bits per heavy atom. The molecule has 1 N–H and O–H groups in total. The molecule has 2 fully saturated rings. The third kappa shape index (κ3) is 2.21. The Kier molecular flexibility index (Phi) is 2.88. The van der Waals surface area contributed by atoms with Crippen molar-refractivity contribution < 1.29 is 4.79 Å². The topological polar surface area (TPSA) is 45.2 Å². The fourth-order valence-electron chi connectivity index (χ4n) is 2.35. The second kappa shape index (κ2) is 4.38. The van der Waals surface area contributed by atoms with Gasteiger partial charge in [-0.2, -0.15) is 0 Å². The van der Waals surface area contributed by atoms with Crippen LogP contribution in [-0.4, -0.2) is 34.4 Å². The molecule has 17 heavy (non-hydrogen) atoms. The summed E-state index contributed by atoms with van der Waals surface area (Å²) < 4.78 is 0. The highest BCUT2D eigenvalue weighted by Crippen LogP contribution is 2.28. The monoisotopic (exact) mass is 251 g/mol. The van der Waals surface area contributed by atoms with Crippen LogP contribution in [0.15, 0.2) is 11.6 Å². The molecule has 2 aliphatic rings. The van der Waals surface area contributed by atoms with Crippen molar-refractivity contribution in [3.05, 3.63) is 16.6 Å². The molecule has 0 aromatic carbocycles. The SMILES string of the molecule is CC(c1nccs1)N1CCC(NC2CC2)C1=O. The van der Waals surface area contributed by atoms with Crippen LogP contribution in [0.2, 0.25) is 0 Å². The first-order chi connectivity index (χ1) is 8.25. The van der Waals surface area contributed by atoms with E-state index in [4.69, 9.17) is 0 Å². The van der Waals surface area contributed by atoms with E-state index in [1.165, 1.54) is 12.8 Å². The second-order valence-electron chi connectivity index (χ2n) is 4.86. The molecule has 1 amide bonds. The van der Waals surface area contributed by atoms with E-state index in [0.717, 1.165) is 18.0 Å². The third-order valence-corrected chi connectivity index (χ3v) is 4.48. The third-order valence-electron chi connectivity index (χ3n) is 3.53. The van der Waals surface area contributed by atoms with Gasteiger partial charge < -0.3 is 10.2 Å². The summed E-state index contributed by atoms with van der Waals surface area (Å²) in [6.07, 6.45) is 5.19. The van der Waals surface area contributed by atoms with Crippen LogP contribution in [-0.2, 0) is 4.79 Å². The van der Waals surface area contributed by atoms with E-state index in [-0.39, 0.29) is 18.0 Å². The minimum atomic E-state index is 0.0462. The zero-order valence-electron chi connectivity index (χ0n) is 9.93. The fraction of sp³-hybridized carbons (Fsp3) is 0.667. The second-order valence-corrected chi connectivity index (χ2v) is 5.79. The zero-order chi connectivity index (χ0) is 11.8. The van der Waals surface area contributed by atoms with Gasteiger partial charge in [0, 0.05) is 24.2 Å². The number of likely N-dealkylation sites (tertiary alicyclic amines) is 1. The maximum atomic E-state index is 12.2. The van der Waals surface area contributed by atoms with E-state index in [1.807, 2.05) is 10.3 Å². The van der Waals surface area contributed by atoms with Crippen molar-refractivity contribution in [3.8, 4) is 0 Å². The Hall–Kier alpha value is -0.940. The molecular formula is C12H17N3OS. The minimum Gasteiger partial charge on any atom is -0.332 e. The lowest BCUT2D eigenvalue weighted by Crippen LogP contribution is -2.40. The molecule has 1 saturated carbocycles. The Morgan fingerprint density at radius 2 is 2.35 bits per heavy atom. The number of amides is 1. The van der Waals surface area contributed by atoms with Crippen LogP contribution >= 0.6 is 11.3 Å². The number of nitrogens with zero attached hydrogens (tertiary/aromatic N) is 2. The number of carbonyl (C=O) groups is 1. The van der Waals surface area contributed by atoms with Gasteiger partial charge in [0.05, 0.1) is 12.1 Å². The van der Waals surface area contributed by atoms with Crippen LogP contribution < -0.4 is 5.32 Å². The average Bonchev–Trinajstić information content (AvgIpc) is 2.85. The number of rotatable bonds is 4. The molecule has 2 heterocycles. The van der Waals surface area contributed by atoms with Crippen molar-refractivity contribution in [2.24, 2.45) is 0 Å². The first-order valence-electron chi connectivity index (χ1n) is 6.21. The Morgan fingerprint density at radius 1 is 1.53 bits per heavy atom. The number of nitrogens with one attached hydrogen (secondary N) is 1. The molecule has 1 aromatic heterocycles. The maximum absolute atomic E-state index is 12.2. The summed E-state index contributed by atoms with van der Waals surface area (Å²) in [6, 6.07) is 0.762. The van der Waals surface area contributed by atoms with Crippen molar-refractivity contribution in [3.63, 3.8) is 0 Å². The number of aromatic nitrogens is 1. The van der Waals surface area contributed by atoms with Crippen molar-refractivity contribution in [1.29, 1.82) is 0 Å². The van der Waals surface area contributed by atoms with Crippen LogP contribution in [0.1, 0.15) is 37.2 Å². The highest BCUT2D eigenvalue weighted by molar-refractivity contribution is 7.09. The maximum Gasteiger partial charge on any atom is 0.240 e. The van der Waals surface area contributed by atoms with E-state index in [1.54, 1.807) is 17.5 Å². The van der Waals surface area contributed by atoms with Crippen LogP contribution in [0.4, 0.5) is 0 Å². The molecule has 5 heteroatoms. The van der Waals surface area contributed by atoms with Gasteiger partial charge in [-0.05, 0) is 26.2 Å². The van der Waals surface area contributed by atoms with Gasteiger partial charge in [-0.25, -0.2) is 4.98 Å². The fourth-order valence-corrected chi connectivity index (χ4v) is 3.06. The van der Waals surface area contributed by atoms with Gasteiger partial charge in [0.2, 0.25) is 5.91 Å². The first-order valence-corrected chi connectivity index (χ1v) is 7.09. The van der Waals surface area contributed by atoms with E-state index in [9.17, 15) is 4.79 Å². The van der Waals surface area contributed by atoms with Crippen molar-refractivity contribution in [2.45, 2.75) is 44.3 Å². The molecule has 1 aliphatic heterocycles. The number of thiazole rings is 1. The molecule has 0 bridgehead atoms. The summed E-state index contributed by atoms with van der Waals surface area (Å²) in [4.78, 5) is 18.5. The van der Waals surface area contributed by atoms with Crippen molar-refractivity contribution in [1.82, 2.24) is 15.2 Å². The standard InChI is InChI=1S/C12H17N3OS/c1-8(11-13-5-7-17-11)15-6-4-10(12(15)16)14-9-2-3-9/h5,7-10,14H,2-4,6H2,1H3. The number of carbonyl (C=O) groups excluding carboxylic acids is 1. The summed E-state index contributed by atoms with van der Waals surface area (Å²) in [5.41, 5.74) is 0. The molecule has 0 radical (unpaired) electrons. The molecule has 1 aromatic rings. The predicted molar refractivity (Wildman–Crippen MR) is 66.8 cm³/mol. The minimum absolute atomic E-state index is 0.0462. The van der Waals surface area contributed by atoms with Crippen LogP contribution in [0.3, 0.4) is 0 Å². The number of hydrogen-bond acceptors (Lipinski definition) is 4. The lowest BCUT2D eigenvalue weighted by atomic mass is 10.2. The highest BCUT2D eigenvalue weighted by Gasteiger charge is 2.38. The molecule has 2 atom stereocenters. The molecule has 4 nitrogen and oxygen atoms in total. The Bertz CT molecular complexity index is 402. The van der Waals surface area contributed by atoms with Gasteiger partial charge in [-0.3, -0.25) is 4.79 Å². The molecule has 0 spiro atoms. The molecule has 3 rings (SSSR count). The summed E-state index contributed by atoms with van der Waals surface area (Å²) in [7, 11) is 0. The van der Waals surface area contributed by atoms with E-state index >= 15 is 0 Å². The van der Waals surface area contributed by atoms with Gasteiger partial charge in [-0.15, -0.1) is 11.3 Å². The molecule has 92 valence electrons. The summed E-state index contributed by atoms with van der Waals surface area (Å²) in [5.74, 6) is 0.250. The van der Waals surface area contributed by atoms with Gasteiger partial charge in [0.25, 0.3) is 0 Å². The molecule has 1 saturated heterocycles. The average molecular weight is 251 g/mol.